The van der Waals surface area contributed by atoms with Gasteiger partial charge < -0.3 is 15.2 Å². The molecule has 2 aliphatic rings. The lowest BCUT2D eigenvalue weighted by atomic mass is 9.87. The highest BCUT2D eigenvalue weighted by Crippen LogP contribution is 2.37. The standard InChI is InChI=1S/C27H29F2N7/c1-15-3-6-19(7-4-15)36-16(2)32-26-20(28)11-18(12-23(26)36)25-21(29)14-31-27(35-25)34-24-8-5-17-13-30-10-9-22(17)33-24/h5,8,11-12,14-15,19,30H,3-4,6-7,9-10,13H2,1-2H3,(H,31,33,34,35). The Kier molecular flexibility index (Phi) is 5.87. The smallest absolute Gasteiger partial charge is 0.229 e. The highest BCUT2D eigenvalue weighted by Gasteiger charge is 2.25. The molecule has 0 radical (unpaired) electrons. The molecule has 0 amide bonds. The molecular weight excluding hydrogens is 460 g/mol. The van der Waals surface area contributed by atoms with E-state index in [4.69, 9.17) is 0 Å². The Bertz CT molecular complexity index is 1440. The van der Waals surface area contributed by atoms with Crippen molar-refractivity contribution in [3.05, 3.63) is 59.2 Å². The van der Waals surface area contributed by atoms with Crippen molar-refractivity contribution in [3.63, 3.8) is 0 Å². The molecule has 9 heteroatoms. The summed E-state index contributed by atoms with van der Waals surface area (Å²) in [5.41, 5.74) is 3.58. The summed E-state index contributed by atoms with van der Waals surface area (Å²) in [6.07, 6.45) is 6.27. The maximum atomic E-state index is 15.2. The third-order valence-electron chi connectivity index (χ3n) is 7.46. The number of nitrogens with zero attached hydrogens (tertiary/aromatic N) is 5. The van der Waals surface area contributed by atoms with Gasteiger partial charge in [0.15, 0.2) is 11.6 Å². The van der Waals surface area contributed by atoms with Gasteiger partial charge in [0.25, 0.3) is 0 Å². The Labute approximate surface area is 208 Å². The Morgan fingerprint density at radius 3 is 2.69 bits per heavy atom. The van der Waals surface area contributed by atoms with Gasteiger partial charge in [-0.25, -0.2) is 28.7 Å². The first-order valence-corrected chi connectivity index (χ1v) is 12.6. The second-order valence-electron chi connectivity index (χ2n) is 10.0. The first-order chi connectivity index (χ1) is 17.5. The van der Waals surface area contributed by atoms with E-state index in [1.807, 2.05) is 19.1 Å². The number of benzene rings is 1. The number of aromatic nitrogens is 5. The van der Waals surface area contributed by atoms with Crippen molar-refractivity contribution >= 4 is 22.8 Å². The second-order valence-corrected chi connectivity index (χ2v) is 10.0. The number of imidazole rings is 1. The number of pyridine rings is 1. The number of hydrogen-bond acceptors (Lipinski definition) is 6. The van der Waals surface area contributed by atoms with Crippen LogP contribution in [0.1, 0.15) is 55.7 Å². The predicted molar refractivity (Wildman–Crippen MR) is 135 cm³/mol. The molecule has 1 aromatic carbocycles. The Balaban J connectivity index is 1.36. The van der Waals surface area contributed by atoms with E-state index < -0.39 is 11.6 Å². The van der Waals surface area contributed by atoms with E-state index in [1.165, 1.54) is 6.07 Å². The summed E-state index contributed by atoms with van der Waals surface area (Å²) in [6.45, 7) is 5.85. The lowest BCUT2D eigenvalue weighted by Gasteiger charge is -2.28. The zero-order chi connectivity index (χ0) is 24.8. The van der Waals surface area contributed by atoms with Crippen molar-refractivity contribution in [3.8, 4) is 11.3 Å². The molecule has 186 valence electrons. The van der Waals surface area contributed by atoms with E-state index in [0.29, 0.717) is 28.3 Å². The van der Waals surface area contributed by atoms with Crippen molar-refractivity contribution in [2.75, 3.05) is 11.9 Å². The molecule has 0 unspecified atom stereocenters. The van der Waals surface area contributed by atoms with E-state index in [0.717, 1.165) is 68.5 Å². The molecule has 4 heterocycles. The normalized spacial score (nSPS) is 19.9. The number of rotatable bonds is 4. The van der Waals surface area contributed by atoms with Crippen LogP contribution in [0.5, 0.6) is 0 Å². The van der Waals surface area contributed by atoms with Gasteiger partial charge >= 0.3 is 0 Å². The first kappa shape index (κ1) is 23.0. The molecule has 0 bridgehead atoms. The van der Waals surface area contributed by atoms with Crippen molar-refractivity contribution in [2.24, 2.45) is 5.92 Å². The summed E-state index contributed by atoms with van der Waals surface area (Å²) in [4.78, 5) is 17.7. The van der Waals surface area contributed by atoms with Crippen LogP contribution in [-0.4, -0.2) is 31.0 Å². The lowest BCUT2D eigenvalue weighted by molar-refractivity contribution is 0.291. The highest BCUT2D eigenvalue weighted by atomic mass is 19.1. The molecule has 1 aliphatic heterocycles. The first-order valence-electron chi connectivity index (χ1n) is 12.6. The fourth-order valence-electron chi connectivity index (χ4n) is 5.52. The maximum absolute atomic E-state index is 15.2. The van der Waals surface area contributed by atoms with Gasteiger partial charge in [0.1, 0.15) is 22.9 Å². The molecule has 0 atom stereocenters. The van der Waals surface area contributed by atoms with Gasteiger partial charge in [0, 0.05) is 36.8 Å². The van der Waals surface area contributed by atoms with Crippen LogP contribution in [0.2, 0.25) is 0 Å². The van der Waals surface area contributed by atoms with Crippen LogP contribution >= 0.6 is 0 Å². The third-order valence-corrected chi connectivity index (χ3v) is 7.46. The molecular formula is C27H29F2N7. The summed E-state index contributed by atoms with van der Waals surface area (Å²) < 4.78 is 32.3. The topological polar surface area (TPSA) is 80.6 Å². The Morgan fingerprint density at radius 1 is 1.03 bits per heavy atom. The van der Waals surface area contributed by atoms with Crippen molar-refractivity contribution in [1.29, 1.82) is 0 Å². The minimum atomic E-state index is -0.613. The molecule has 6 rings (SSSR count). The molecule has 1 saturated carbocycles. The van der Waals surface area contributed by atoms with E-state index in [9.17, 15) is 4.39 Å². The van der Waals surface area contributed by atoms with Gasteiger partial charge in [0.05, 0.1) is 11.7 Å². The van der Waals surface area contributed by atoms with Crippen LogP contribution in [0.15, 0.2) is 30.5 Å². The van der Waals surface area contributed by atoms with E-state index in [2.05, 4.69) is 42.1 Å². The average molecular weight is 490 g/mol. The lowest BCUT2D eigenvalue weighted by Crippen LogP contribution is -2.24. The van der Waals surface area contributed by atoms with Crippen LogP contribution < -0.4 is 10.6 Å². The van der Waals surface area contributed by atoms with E-state index in [1.54, 1.807) is 6.07 Å². The minimum Gasteiger partial charge on any atom is -0.325 e. The summed E-state index contributed by atoms with van der Waals surface area (Å²) in [7, 11) is 0. The van der Waals surface area contributed by atoms with Gasteiger partial charge in [-0.2, -0.15) is 0 Å². The quantitative estimate of drug-likeness (QED) is 0.388. The van der Waals surface area contributed by atoms with Crippen LogP contribution in [-0.2, 0) is 13.0 Å². The highest BCUT2D eigenvalue weighted by molar-refractivity contribution is 5.83. The zero-order valence-corrected chi connectivity index (χ0v) is 20.5. The molecule has 1 aliphatic carbocycles. The predicted octanol–water partition coefficient (Wildman–Crippen LogP) is 5.62. The zero-order valence-electron chi connectivity index (χ0n) is 20.5. The van der Waals surface area contributed by atoms with E-state index >= 15 is 4.39 Å². The Hall–Kier alpha value is -3.46. The number of nitrogens with one attached hydrogen (secondary N) is 2. The summed E-state index contributed by atoms with van der Waals surface area (Å²) in [5, 5.41) is 6.41. The monoisotopic (exact) mass is 489 g/mol. The molecule has 0 saturated heterocycles. The molecule has 36 heavy (non-hydrogen) atoms. The third kappa shape index (κ3) is 4.21. The SMILES string of the molecule is Cc1nc2c(F)cc(-c3nc(Nc4ccc5c(n4)CCNC5)ncc3F)cc2n1C1CCC(C)CC1. The maximum Gasteiger partial charge on any atom is 0.229 e. The summed E-state index contributed by atoms with van der Waals surface area (Å²) >= 11 is 0. The van der Waals surface area contributed by atoms with Crippen LogP contribution in [0.25, 0.3) is 22.3 Å². The van der Waals surface area contributed by atoms with Gasteiger partial charge in [-0.1, -0.05) is 13.0 Å². The van der Waals surface area contributed by atoms with Crippen LogP contribution in [0.4, 0.5) is 20.5 Å². The molecule has 0 spiro atoms. The average Bonchev–Trinajstić information content (AvgIpc) is 3.22. The van der Waals surface area contributed by atoms with Crippen molar-refractivity contribution in [2.45, 2.75) is 58.5 Å². The molecule has 2 N–H and O–H groups in total. The molecule has 7 nitrogen and oxygen atoms in total. The summed E-state index contributed by atoms with van der Waals surface area (Å²) in [5.74, 6) is 1.18. The van der Waals surface area contributed by atoms with E-state index in [-0.39, 0.29) is 17.7 Å². The van der Waals surface area contributed by atoms with Crippen LogP contribution in [0.3, 0.4) is 0 Å². The number of fused-ring (bicyclic) bond motifs is 2. The van der Waals surface area contributed by atoms with Crippen molar-refractivity contribution in [1.82, 2.24) is 29.8 Å². The molecule has 4 aromatic rings. The van der Waals surface area contributed by atoms with Gasteiger partial charge in [-0.15, -0.1) is 0 Å². The fourth-order valence-corrected chi connectivity index (χ4v) is 5.52. The van der Waals surface area contributed by atoms with Gasteiger partial charge in [-0.05, 0) is 62.3 Å². The Morgan fingerprint density at radius 2 is 1.86 bits per heavy atom. The second kappa shape index (κ2) is 9.20. The number of aryl methyl sites for hydroxylation is 1. The number of hydrogen-bond donors (Lipinski definition) is 2. The fraction of sp³-hybridized carbons (Fsp3) is 0.407. The van der Waals surface area contributed by atoms with Gasteiger partial charge in [0.2, 0.25) is 5.95 Å². The number of halogens is 2. The largest absolute Gasteiger partial charge is 0.325 e. The molecule has 1 fully saturated rings. The van der Waals surface area contributed by atoms with Gasteiger partial charge in [-0.3, -0.25) is 0 Å². The number of anilines is 2. The minimum absolute atomic E-state index is 0.0399. The molecule has 3 aromatic heterocycles. The summed E-state index contributed by atoms with van der Waals surface area (Å²) in [6, 6.07) is 7.24. The van der Waals surface area contributed by atoms with Crippen LogP contribution in [0, 0.1) is 24.5 Å². The van der Waals surface area contributed by atoms with Crippen molar-refractivity contribution < 1.29 is 8.78 Å².